The van der Waals surface area contributed by atoms with Crippen LogP contribution in [-0.2, 0) is 0 Å². The lowest BCUT2D eigenvalue weighted by Gasteiger charge is -2.16. The fourth-order valence-corrected chi connectivity index (χ4v) is 3.26. The zero-order chi connectivity index (χ0) is 17.0. The summed E-state index contributed by atoms with van der Waals surface area (Å²) in [5.41, 5.74) is 2.46. The summed E-state index contributed by atoms with van der Waals surface area (Å²) >= 11 is 0. The molecule has 2 aromatic carbocycles. The number of fused-ring (bicyclic) bond motifs is 5. The highest BCUT2D eigenvalue weighted by Crippen LogP contribution is 2.36. The van der Waals surface area contributed by atoms with Gasteiger partial charge in [0.1, 0.15) is 5.75 Å². The number of H-pyrrole nitrogens is 1. The van der Waals surface area contributed by atoms with Crippen molar-refractivity contribution in [2.45, 2.75) is 0 Å². The lowest BCUT2D eigenvalue weighted by Crippen LogP contribution is -2.35. The van der Waals surface area contributed by atoms with Crippen molar-refractivity contribution < 1.29 is 14.7 Å². The number of likely N-dealkylation sites (N-methyl/N-ethyl adjacent to an activating group) is 1. The van der Waals surface area contributed by atoms with E-state index in [4.69, 9.17) is 0 Å². The van der Waals surface area contributed by atoms with Crippen molar-refractivity contribution in [1.29, 1.82) is 0 Å². The molecule has 6 nitrogen and oxygen atoms in total. The van der Waals surface area contributed by atoms with Crippen LogP contribution in [0.25, 0.3) is 21.8 Å². The van der Waals surface area contributed by atoms with Crippen molar-refractivity contribution in [2.75, 3.05) is 27.2 Å². The van der Waals surface area contributed by atoms with E-state index in [-0.39, 0.29) is 17.6 Å². The van der Waals surface area contributed by atoms with Gasteiger partial charge in [-0.2, -0.15) is 0 Å². The number of phenols is 1. The lowest BCUT2D eigenvalue weighted by molar-refractivity contribution is 0.0645. The largest absolute Gasteiger partial charge is 0.508 e. The number of amides is 2. The minimum atomic E-state index is -0.272. The molecule has 4 rings (SSSR count). The van der Waals surface area contributed by atoms with Gasteiger partial charge in [0.25, 0.3) is 11.8 Å². The van der Waals surface area contributed by atoms with Crippen molar-refractivity contribution in [3.05, 3.63) is 41.5 Å². The molecule has 24 heavy (non-hydrogen) atoms. The number of carbonyl (C=O) groups is 2. The van der Waals surface area contributed by atoms with E-state index in [9.17, 15) is 14.7 Å². The third kappa shape index (κ3) is 2.00. The van der Waals surface area contributed by atoms with Gasteiger partial charge in [-0.25, -0.2) is 0 Å². The molecular weight excluding hydrogens is 306 g/mol. The number of hydrogen-bond donors (Lipinski definition) is 2. The van der Waals surface area contributed by atoms with Gasteiger partial charge in [0.05, 0.1) is 11.1 Å². The molecule has 0 bridgehead atoms. The number of aromatic hydroxyl groups is 1. The van der Waals surface area contributed by atoms with Gasteiger partial charge in [-0.15, -0.1) is 0 Å². The summed E-state index contributed by atoms with van der Waals surface area (Å²) in [6, 6.07) is 8.49. The molecule has 3 aromatic rings. The van der Waals surface area contributed by atoms with E-state index >= 15 is 0 Å². The van der Waals surface area contributed by atoms with Crippen molar-refractivity contribution in [1.82, 2.24) is 14.8 Å². The van der Waals surface area contributed by atoms with E-state index in [0.717, 1.165) is 16.4 Å². The highest BCUT2D eigenvalue weighted by atomic mass is 16.3. The Labute approximate surface area is 138 Å². The van der Waals surface area contributed by atoms with E-state index in [2.05, 4.69) is 4.98 Å². The average Bonchev–Trinajstić information content (AvgIpc) is 3.01. The molecule has 2 N–H and O–H groups in total. The maximum atomic E-state index is 12.9. The molecule has 1 aliphatic rings. The molecule has 0 spiro atoms. The second-order valence-corrected chi connectivity index (χ2v) is 6.33. The first-order valence-electron chi connectivity index (χ1n) is 7.75. The summed E-state index contributed by atoms with van der Waals surface area (Å²) in [5.74, 6) is -0.401. The van der Waals surface area contributed by atoms with Gasteiger partial charge in [-0.05, 0) is 44.4 Å². The van der Waals surface area contributed by atoms with Crippen LogP contribution < -0.4 is 0 Å². The first-order valence-corrected chi connectivity index (χ1v) is 7.75. The number of hydrogen-bond acceptors (Lipinski definition) is 4. The van der Waals surface area contributed by atoms with Gasteiger partial charge in [0, 0.05) is 34.9 Å². The van der Waals surface area contributed by atoms with E-state index in [1.165, 1.54) is 4.90 Å². The third-order valence-electron chi connectivity index (χ3n) is 4.45. The summed E-state index contributed by atoms with van der Waals surface area (Å²) in [6.45, 7) is 0.970. The summed E-state index contributed by atoms with van der Waals surface area (Å²) in [6.07, 6.45) is 0. The van der Waals surface area contributed by atoms with Crippen molar-refractivity contribution in [2.24, 2.45) is 0 Å². The number of nitrogens with one attached hydrogen (secondary N) is 1. The van der Waals surface area contributed by atoms with Crippen LogP contribution in [0.15, 0.2) is 30.3 Å². The summed E-state index contributed by atoms with van der Waals surface area (Å²) < 4.78 is 0. The molecule has 0 fully saturated rings. The average molecular weight is 323 g/mol. The quantitative estimate of drug-likeness (QED) is 0.724. The second kappa shape index (κ2) is 5.07. The Morgan fingerprint density at radius 2 is 1.83 bits per heavy atom. The molecular formula is C18H17N3O3. The van der Waals surface area contributed by atoms with E-state index < -0.39 is 0 Å². The van der Waals surface area contributed by atoms with E-state index in [1.807, 2.05) is 25.1 Å². The van der Waals surface area contributed by atoms with Gasteiger partial charge < -0.3 is 15.0 Å². The fraction of sp³-hybridized carbons (Fsp3) is 0.222. The molecule has 1 aromatic heterocycles. The van der Waals surface area contributed by atoms with Crippen LogP contribution in [-0.4, -0.2) is 58.9 Å². The van der Waals surface area contributed by atoms with Gasteiger partial charge >= 0.3 is 0 Å². The van der Waals surface area contributed by atoms with Crippen molar-refractivity contribution in [3.63, 3.8) is 0 Å². The molecule has 0 saturated carbocycles. The lowest BCUT2D eigenvalue weighted by atomic mass is 10.0. The molecule has 6 heteroatoms. The van der Waals surface area contributed by atoms with Crippen LogP contribution in [0.5, 0.6) is 5.75 Å². The number of rotatable bonds is 3. The second-order valence-electron chi connectivity index (χ2n) is 6.33. The fourth-order valence-electron chi connectivity index (χ4n) is 3.26. The monoisotopic (exact) mass is 323 g/mol. The van der Waals surface area contributed by atoms with Crippen molar-refractivity contribution >= 4 is 33.6 Å². The molecule has 0 aliphatic carbocycles. The normalized spacial score (nSPS) is 14.4. The van der Waals surface area contributed by atoms with Crippen LogP contribution in [0.3, 0.4) is 0 Å². The maximum absolute atomic E-state index is 12.9. The Hall–Kier alpha value is -2.86. The Kier molecular flexibility index (Phi) is 3.11. The van der Waals surface area contributed by atoms with Crippen molar-refractivity contribution in [3.8, 4) is 5.75 Å². The zero-order valence-electron chi connectivity index (χ0n) is 13.5. The summed E-state index contributed by atoms with van der Waals surface area (Å²) in [5, 5.41) is 11.2. The molecule has 0 saturated heterocycles. The molecule has 0 atom stereocenters. The number of phenolic OH excluding ortho intramolecular Hbond substituents is 1. The number of nitrogens with zero attached hydrogens (tertiary/aromatic N) is 2. The number of carbonyl (C=O) groups excluding carboxylic acids is 2. The molecule has 0 radical (unpaired) electrons. The van der Waals surface area contributed by atoms with Crippen LogP contribution in [0.1, 0.15) is 20.7 Å². The smallest absolute Gasteiger partial charge is 0.262 e. The van der Waals surface area contributed by atoms with Gasteiger partial charge in [-0.1, -0.05) is 0 Å². The Morgan fingerprint density at radius 1 is 1.08 bits per heavy atom. The van der Waals surface area contributed by atoms with Gasteiger partial charge in [-0.3, -0.25) is 14.5 Å². The van der Waals surface area contributed by atoms with Gasteiger partial charge in [0.2, 0.25) is 0 Å². The van der Waals surface area contributed by atoms with Crippen LogP contribution in [0.2, 0.25) is 0 Å². The SMILES string of the molecule is CN(C)CCN1C(=O)c2ccc3[nH]c4ccc(O)cc4c3c2C1=O. The Balaban J connectivity index is 1.93. The number of aromatic nitrogens is 1. The predicted octanol–water partition coefficient (Wildman–Crippen LogP) is 2.18. The minimum Gasteiger partial charge on any atom is -0.508 e. The first kappa shape index (κ1) is 14.7. The summed E-state index contributed by atoms with van der Waals surface area (Å²) in [7, 11) is 3.80. The number of benzene rings is 2. The zero-order valence-corrected chi connectivity index (χ0v) is 13.5. The highest BCUT2D eigenvalue weighted by Gasteiger charge is 2.37. The topological polar surface area (TPSA) is 76.6 Å². The molecule has 2 heterocycles. The molecule has 1 aliphatic heterocycles. The third-order valence-corrected chi connectivity index (χ3v) is 4.45. The number of imide groups is 1. The molecule has 2 amide bonds. The van der Waals surface area contributed by atoms with Crippen LogP contribution >= 0.6 is 0 Å². The van der Waals surface area contributed by atoms with Crippen LogP contribution in [0, 0.1) is 0 Å². The first-order chi connectivity index (χ1) is 11.5. The molecule has 122 valence electrons. The highest BCUT2D eigenvalue weighted by molar-refractivity contribution is 6.30. The predicted molar refractivity (Wildman–Crippen MR) is 91.4 cm³/mol. The maximum Gasteiger partial charge on any atom is 0.262 e. The van der Waals surface area contributed by atoms with Gasteiger partial charge in [0.15, 0.2) is 0 Å². The van der Waals surface area contributed by atoms with E-state index in [1.54, 1.807) is 24.3 Å². The minimum absolute atomic E-state index is 0.127. The van der Waals surface area contributed by atoms with Crippen LogP contribution in [0.4, 0.5) is 0 Å². The van der Waals surface area contributed by atoms with E-state index in [0.29, 0.717) is 29.6 Å². The summed E-state index contributed by atoms with van der Waals surface area (Å²) in [4.78, 5) is 32.0. The Morgan fingerprint density at radius 3 is 2.58 bits per heavy atom. The molecule has 0 unspecified atom stereocenters. The Bertz CT molecular complexity index is 1000. The standard InChI is InChI=1S/C18H17N3O3/c1-20(2)7-8-21-17(23)11-4-6-14-15(16(11)18(21)24)12-9-10(22)3-5-13(12)19-14/h3-6,9,19,22H,7-8H2,1-2H3. The number of aromatic amines is 1.